The minimum atomic E-state index is -0.166. The van der Waals surface area contributed by atoms with Crippen molar-refractivity contribution >= 4 is 11.6 Å². The Morgan fingerprint density at radius 1 is 1.20 bits per heavy atom. The van der Waals surface area contributed by atoms with Gasteiger partial charge < -0.3 is 5.32 Å². The second-order valence-corrected chi connectivity index (χ2v) is 5.86. The Morgan fingerprint density at radius 2 is 2.00 bits per heavy atom. The van der Waals surface area contributed by atoms with E-state index in [2.05, 4.69) is 5.32 Å². The molecule has 1 saturated carbocycles. The van der Waals surface area contributed by atoms with Crippen LogP contribution in [0.2, 0.25) is 5.02 Å². The zero-order valence-corrected chi connectivity index (χ0v) is 12.2. The van der Waals surface area contributed by atoms with Crippen molar-refractivity contribution in [3.8, 4) is 11.1 Å². The standard InChI is InChI=1S/C17H17ClFN/c1-11-8-12(2-7-17(11)19)16-6-3-14(18)9-13(16)10-20-15-4-5-15/h2-3,6-9,15,20H,4-5,10H2,1H3. The molecule has 0 aromatic heterocycles. The van der Waals surface area contributed by atoms with Gasteiger partial charge in [0.2, 0.25) is 0 Å². The summed E-state index contributed by atoms with van der Waals surface area (Å²) in [5.74, 6) is -0.166. The quantitative estimate of drug-likeness (QED) is 0.860. The van der Waals surface area contributed by atoms with E-state index in [0.717, 1.165) is 28.3 Å². The minimum absolute atomic E-state index is 0.166. The topological polar surface area (TPSA) is 12.0 Å². The smallest absolute Gasteiger partial charge is 0.126 e. The fourth-order valence-corrected chi connectivity index (χ4v) is 2.54. The summed E-state index contributed by atoms with van der Waals surface area (Å²) in [7, 11) is 0. The fourth-order valence-electron chi connectivity index (χ4n) is 2.34. The number of halogens is 2. The van der Waals surface area contributed by atoms with Gasteiger partial charge in [-0.25, -0.2) is 4.39 Å². The van der Waals surface area contributed by atoms with Crippen molar-refractivity contribution in [2.75, 3.05) is 0 Å². The van der Waals surface area contributed by atoms with Crippen LogP contribution in [-0.2, 0) is 6.54 Å². The molecule has 0 saturated heterocycles. The number of aryl methyl sites for hydroxylation is 1. The van der Waals surface area contributed by atoms with E-state index < -0.39 is 0 Å². The third-order valence-electron chi connectivity index (χ3n) is 3.69. The van der Waals surface area contributed by atoms with E-state index in [-0.39, 0.29) is 5.82 Å². The first-order valence-electron chi connectivity index (χ1n) is 6.92. The Hall–Kier alpha value is -1.38. The van der Waals surface area contributed by atoms with Gasteiger partial charge in [0.15, 0.2) is 0 Å². The highest BCUT2D eigenvalue weighted by Crippen LogP contribution is 2.29. The molecule has 1 N–H and O–H groups in total. The molecule has 20 heavy (non-hydrogen) atoms. The summed E-state index contributed by atoms with van der Waals surface area (Å²) in [6.07, 6.45) is 2.51. The third-order valence-corrected chi connectivity index (χ3v) is 3.93. The lowest BCUT2D eigenvalue weighted by molar-refractivity contribution is 0.619. The van der Waals surface area contributed by atoms with Crippen LogP contribution in [0.3, 0.4) is 0 Å². The predicted molar refractivity (Wildman–Crippen MR) is 81.4 cm³/mol. The van der Waals surface area contributed by atoms with Crippen LogP contribution < -0.4 is 5.32 Å². The Kier molecular flexibility index (Phi) is 3.77. The number of hydrogen-bond donors (Lipinski definition) is 1. The zero-order valence-electron chi connectivity index (χ0n) is 11.4. The summed E-state index contributed by atoms with van der Waals surface area (Å²) in [6.45, 7) is 2.59. The highest BCUT2D eigenvalue weighted by Gasteiger charge is 2.20. The normalized spacial score (nSPS) is 14.6. The molecule has 1 aliphatic carbocycles. The number of rotatable bonds is 4. The first kappa shape index (κ1) is 13.6. The SMILES string of the molecule is Cc1cc(-c2ccc(Cl)cc2CNC2CC2)ccc1F. The summed E-state index contributed by atoms with van der Waals surface area (Å²) in [5.41, 5.74) is 3.98. The van der Waals surface area contributed by atoms with E-state index >= 15 is 0 Å². The van der Waals surface area contributed by atoms with E-state index in [1.807, 2.05) is 30.3 Å². The lowest BCUT2D eigenvalue weighted by Crippen LogP contribution is -2.15. The Morgan fingerprint density at radius 3 is 2.70 bits per heavy atom. The van der Waals surface area contributed by atoms with Crippen molar-refractivity contribution in [2.24, 2.45) is 0 Å². The van der Waals surface area contributed by atoms with Gasteiger partial charge in [-0.1, -0.05) is 23.7 Å². The number of hydrogen-bond acceptors (Lipinski definition) is 1. The van der Waals surface area contributed by atoms with E-state index in [1.165, 1.54) is 18.9 Å². The highest BCUT2D eigenvalue weighted by atomic mass is 35.5. The van der Waals surface area contributed by atoms with Crippen LogP contribution >= 0.6 is 11.6 Å². The molecule has 0 spiro atoms. The van der Waals surface area contributed by atoms with E-state index in [0.29, 0.717) is 11.6 Å². The maximum Gasteiger partial charge on any atom is 0.126 e. The van der Waals surface area contributed by atoms with Crippen LogP contribution in [0.1, 0.15) is 24.0 Å². The summed E-state index contributed by atoms with van der Waals surface area (Å²) >= 11 is 6.10. The molecule has 0 aliphatic heterocycles. The van der Waals surface area contributed by atoms with Gasteiger partial charge in [-0.05, 0) is 66.3 Å². The van der Waals surface area contributed by atoms with Gasteiger partial charge in [0.25, 0.3) is 0 Å². The second-order valence-electron chi connectivity index (χ2n) is 5.42. The van der Waals surface area contributed by atoms with Crippen molar-refractivity contribution in [3.63, 3.8) is 0 Å². The summed E-state index contributed by atoms with van der Waals surface area (Å²) in [4.78, 5) is 0. The average molecular weight is 290 g/mol. The number of benzene rings is 2. The molecule has 1 nitrogen and oxygen atoms in total. The first-order chi connectivity index (χ1) is 9.63. The minimum Gasteiger partial charge on any atom is -0.310 e. The zero-order chi connectivity index (χ0) is 14.1. The van der Waals surface area contributed by atoms with Gasteiger partial charge in [-0.3, -0.25) is 0 Å². The van der Waals surface area contributed by atoms with Crippen LogP contribution in [0, 0.1) is 12.7 Å². The first-order valence-corrected chi connectivity index (χ1v) is 7.29. The highest BCUT2D eigenvalue weighted by molar-refractivity contribution is 6.30. The molecule has 0 amide bonds. The Balaban J connectivity index is 1.95. The predicted octanol–water partition coefficient (Wildman–Crippen LogP) is 4.71. The molecule has 0 radical (unpaired) electrons. The molecular formula is C17H17ClFN. The van der Waals surface area contributed by atoms with Gasteiger partial charge in [-0.2, -0.15) is 0 Å². The van der Waals surface area contributed by atoms with Crippen LogP contribution in [0.4, 0.5) is 4.39 Å². The molecular weight excluding hydrogens is 273 g/mol. The molecule has 0 atom stereocenters. The molecule has 104 valence electrons. The monoisotopic (exact) mass is 289 g/mol. The lowest BCUT2D eigenvalue weighted by atomic mass is 9.98. The van der Waals surface area contributed by atoms with E-state index in [4.69, 9.17) is 11.6 Å². The van der Waals surface area contributed by atoms with Gasteiger partial charge in [0, 0.05) is 17.6 Å². The molecule has 3 heteroatoms. The largest absolute Gasteiger partial charge is 0.310 e. The van der Waals surface area contributed by atoms with Gasteiger partial charge in [0.1, 0.15) is 5.82 Å². The van der Waals surface area contributed by atoms with E-state index in [9.17, 15) is 4.39 Å². The van der Waals surface area contributed by atoms with E-state index in [1.54, 1.807) is 6.92 Å². The molecule has 2 aromatic carbocycles. The maximum absolute atomic E-state index is 13.4. The molecule has 1 aliphatic rings. The molecule has 0 heterocycles. The van der Waals surface area contributed by atoms with Crippen LogP contribution in [0.15, 0.2) is 36.4 Å². The lowest BCUT2D eigenvalue weighted by Gasteiger charge is -2.12. The van der Waals surface area contributed by atoms with Gasteiger partial charge in [-0.15, -0.1) is 0 Å². The van der Waals surface area contributed by atoms with Gasteiger partial charge in [0.05, 0.1) is 0 Å². The second kappa shape index (κ2) is 5.55. The summed E-state index contributed by atoms with van der Waals surface area (Å²) in [6, 6.07) is 11.8. The van der Waals surface area contributed by atoms with Crippen molar-refractivity contribution in [3.05, 3.63) is 58.4 Å². The van der Waals surface area contributed by atoms with Crippen LogP contribution in [0.5, 0.6) is 0 Å². The number of nitrogens with one attached hydrogen (secondary N) is 1. The van der Waals surface area contributed by atoms with Crippen molar-refractivity contribution in [1.29, 1.82) is 0 Å². The summed E-state index contributed by atoms with van der Waals surface area (Å²) in [5, 5.41) is 4.24. The van der Waals surface area contributed by atoms with Crippen molar-refractivity contribution in [2.45, 2.75) is 32.4 Å². The van der Waals surface area contributed by atoms with Crippen molar-refractivity contribution < 1.29 is 4.39 Å². The Labute approximate surface area is 123 Å². The molecule has 0 bridgehead atoms. The summed E-state index contributed by atoms with van der Waals surface area (Å²) < 4.78 is 13.4. The molecule has 3 rings (SSSR count). The average Bonchev–Trinajstić information content (AvgIpc) is 3.24. The Bertz CT molecular complexity index is 635. The maximum atomic E-state index is 13.4. The van der Waals surface area contributed by atoms with Crippen LogP contribution in [0.25, 0.3) is 11.1 Å². The molecule has 2 aromatic rings. The third kappa shape index (κ3) is 3.02. The van der Waals surface area contributed by atoms with Crippen molar-refractivity contribution in [1.82, 2.24) is 5.32 Å². The molecule has 1 fully saturated rings. The molecule has 0 unspecified atom stereocenters. The fraction of sp³-hybridized carbons (Fsp3) is 0.294. The van der Waals surface area contributed by atoms with Gasteiger partial charge >= 0.3 is 0 Å². The van der Waals surface area contributed by atoms with Crippen LogP contribution in [-0.4, -0.2) is 6.04 Å².